The van der Waals surface area contributed by atoms with Crippen LogP contribution in [-0.4, -0.2) is 60.6 Å². The molecule has 6 nitrogen and oxygen atoms in total. The lowest BCUT2D eigenvalue weighted by Gasteiger charge is -2.32. The number of urea groups is 1. The van der Waals surface area contributed by atoms with Crippen molar-refractivity contribution < 1.29 is 9.21 Å². The van der Waals surface area contributed by atoms with Crippen molar-refractivity contribution in [2.45, 2.75) is 31.7 Å². The molecule has 1 saturated heterocycles. The van der Waals surface area contributed by atoms with Crippen LogP contribution in [0.4, 0.5) is 4.79 Å². The van der Waals surface area contributed by atoms with E-state index in [-0.39, 0.29) is 11.9 Å². The van der Waals surface area contributed by atoms with Crippen LogP contribution in [0.15, 0.2) is 28.7 Å². The van der Waals surface area contributed by atoms with Crippen molar-refractivity contribution in [3.8, 4) is 0 Å². The minimum Gasteiger partial charge on any atom is -0.440 e. The number of likely N-dealkylation sites (N-methyl/N-ethyl adjacent to an activating group) is 1. The van der Waals surface area contributed by atoms with Gasteiger partial charge in [-0.05, 0) is 46.0 Å². The number of rotatable bonds is 4. The SMILES string of the molecule is CC(CNC(=O)N1CCCC(c2nc3ccccc3o2)C1)N(C)C. The fourth-order valence-corrected chi connectivity index (χ4v) is 2.96. The fourth-order valence-electron chi connectivity index (χ4n) is 2.96. The average molecular weight is 330 g/mol. The van der Waals surface area contributed by atoms with E-state index in [1.807, 2.05) is 43.3 Å². The Bertz CT molecular complexity index is 664. The van der Waals surface area contributed by atoms with Crippen molar-refractivity contribution in [1.29, 1.82) is 0 Å². The molecule has 2 atom stereocenters. The number of nitrogens with one attached hydrogen (secondary N) is 1. The van der Waals surface area contributed by atoms with Gasteiger partial charge in [0.05, 0.1) is 5.92 Å². The summed E-state index contributed by atoms with van der Waals surface area (Å²) in [5.41, 5.74) is 1.70. The summed E-state index contributed by atoms with van der Waals surface area (Å²) >= 11 is 0. The van der Waals surface area contributed by atoms with Crippen molar-refractivity contribution in [3.05, 3.63) is 30.2 Å². The molecule has 0 radical (unpaired) electrons. The van der Waals surface area contributed by atoms with Gasteiger partial charge in [0.2, 0.25) is 0 Å². The van der Waals surface area contributed by atoms with E-state index in [1.54, 1.807) is 0 Å². The molecule has 2 unspecified atom stereocenters. The first-order valence-electron chi connectivity index (χ1n) is 8.59. The molecule has 3 rings (SSSR count). The number of benzene rings is 1. The number of likely N-dealkylation sites (tertiary alicyclic amines) is 1. The number of hydrogen-bond donors (Lipinski definition) is 1. The van der Waals surface area contributed by atoms with Crippen LogP contribution in [0.5, 0.6) is 0 Å². The van der Waals surface area contributed by atoms with Gasteiger partial charge in [-0.15, -0.1) is 0 Å². The molecular formula is C18H26N4O2. The number of hydrogen-bond acceptors (Lipinski definition) is 4. The monoisotopic (exact) mass is 330 g/mol. The Hall–Kier alpha value is -2.08. The number of aromatic nitrogens is 1. The molecule has 6 heteroatoms. The zero-order chi connectivity index (χ0) is 17.1. The Morgan fingerprint density at radius 1 is 1.46 bits per heavy atom. The molecule has 0 bridgehead atoms. The number of amides is 2. The molecule has 24 heavy (non-hydrogen) atoms. The van der Waals surface area contributed by atoms with Gasteiger partial charge in [0.15, 0.2) is 11.5 Å². The van der Waals surface area contributed by atoms with E-state index < -0.39 is 0 Å². The second kappa shape index (κ2) is 7.21. The normalized spacial score (nSPS) is 19.7. The van der Waals surface area contributed by atoms with Gasteiger partial charge in [0, 0.05) is 25.7 Å². The largest absolute Gasteiger partial charge is 0.440 e. The Kier molecular flexibility index (Phi) is 5.04. The summed E-state index contributed by atoms with van der Waals surface area (Å²) in [7, 11) is 4.03. The van der Waals surface area contributed by atoms with Gasteiger partial charge >= 0.3 is 6.03 Å². The van der Waals surface area contributed by atoms with E-state index >= 15 is 0 Å². The zero-order valence-electron chi connectivity index (χ0n) is 14.7. The summed E-state index contributed by atoms with van der Waals surface area (Å²) in [5, 5.41) is 3.03. The molecular weight excluding hydrogens is 304 g/mol. The van der Waals surface area contributed by atoms with E-state index in [0.29, 0.717) is 19.1 Å². The van der Waals surface area contributed by atoms with Crippen LogP contribution in [0.25, 0.3) is 11.1 Å². The van der Waals surface area contributed by atoms with Gasteiger partial charge in [0.1, 0.15) is 5.52 Å². The van der Waals surface area contributed by atoms with Crippen LogP contribution in [0.2, 0.25) is 0 Å². The van der Waals surface area contributed by atoms with Crippen LogP contribution in [-0.2, 0) is 0 Å². The van der Waals surface area contributed by atoms with Crippen LogP contribution >= 0.6 is 0 Å². The van der Waals surface area contributed by atoms with Crippen molar-refractivity contribution in [1.82, 2.24) is 20.1 Å². The van der Waals surface area contributed by atoms with Crippen LogP contribution < -0.4 is 5.32 Å². The zero-order valence-corrected chi connectivity index (χ0v) is 14.7. The fraction of sp³-hybridized carbons (Fsp3) is 0.556. The van der Waals surface area contributed by atoms with Crippen molar-refractivity contribution >= 4 is 17.1 Å². The summed E-state index contributed by atoms with van der Waals surface area (Å²) in [6, 6.07) is 8.11. The lowest BCUT2D eigenvalue weighted by Crippen LogP contribution is -2.48. The summed E-state index contributed by atoms with van der Waals surface area (Å²) in [5.74, 6) is 0.915. The number of para-hydroxylation sites is 2. The number of piperidine rings is 1. The highest BCUT2D eigenvalue weighted by atomic mass is 16.3. The summed E-state index contributed by atoms with van der Waals surface area (Å²) < 4.78 is 5.89. The minimum absolute atomic E-state index is 0.00418. The summed E-state index contributed by atoms with van der Waals surface area (Å²) in [6.07, 6.45) is 1.98. The second-order valence-electron chi connectivity index (χ2n) is 6.80. The maximum Gasteiger partial charge on any atom is 0.317 e. The first-order valence-corrected chi connectivity index (χ1v) is 8.59. The molecule has 1 aliphatic rings. The molecule has 1 fully saturated rings. The highest BCUT2D eigenvalue weighted by Gasteiger charge is 2.28. The van der Waals surface area contributed by atoms with E-state index in [0.717, 1.165) is 36.4 Å². The lowest BCUT2D eigenvalue weighted by atomic mass is 9.98. The van der Waals surface area contributed by atoms with Gasteiger partial charge in [-0.1, -0.05) is 12.1 Å². The third kappa shape index (κ3) is 3.70. The molecule has 0 aliphatic carbocycles. The van der Waals surface area contributed by atoms with Crippen LogP contribution in [0.3, 0.4) is 0 Å². The Morgan fingerprint density at radius 3 is 3.00 bits per heavy atom. The Balaban J connectivity index is 1.62. The average Bonchev–Trinajstić information content (AvgIpc) is 3.03. The first-order chi connectivity index (χ1) is 11.5. The molecule has 130 valence electrons. The number of nitrogens with zero attached hydrogens (tertiary/aromatic N) is 3. The summed E-state index contributed by atoms with van der Waals surface area (Å²) in [6.45, 7) is 4.20. The molecule has 2 amide bonds. The molecule has 1 aromatic heterocycles. The van der Waals surface area contributed by atoms with E-state index in [9.17, 15) is 4.79 Å². The topological polar surface area (TPSA) is 61.6 Å². The van der Waals surface area contributed by atoms with Gasteiger partial charge in [-0.2, -0.15) is 0 Å². The van der Waals surface area contributed by atoms with Gasteiger partial charge < -0.3 is 19.5 Å². The number of oxazole rings is 1. The van der Waals surface area contributed by atoms with Crippen molar-refractivity contribution in [3.63, 3.8) is 0 Å². The molecule has 2 aromatic rings. The van der Waals surface area contributed by atoms with Gasteiger partial charge in [0.25, 0.3) is 0 Å². The molecule has 2 heterocycles. The quantitative estimate of drug-likeness (QED) is 0.936. The smallest absolute Gasteiger partial charge is 0.317 e. The molecule has 0 saturated carbocycles. The highest BCUT2D eigenvalue weighted by molar-refractivity contribution is 5.74. The van der Waals surface area contributed by atoms with Crippen molar-refractivity contribution in [2.24, 2.45) is 0 Å². The van der Waals surface area contributed by atoms with E-state index in [1.165, 1.54) is 0 Å². The van der Waals surface area contributed by atoms with Crippen LogP contribution in [0.1, 0.15) is 31.6 Å². The second-order valence-corrected chi connectivity index (χ2v) is 6.80. The number of fused-ring (bicyclic) bond motifs is 1. The Morgan fingerprint density at radius 2 is 2.25 bits per heavy atom. The van der Waals surface area contributed by atoms with Crippen LogP contribution in [0, 0.1) is 0 Å². The molecule has 0 spiro atoms. The molecule has 1 aliphatic heterocycles. The molecule has 1 aromatic carbocycles. The minimum atomic E-state index is 0.00418. The number of carbonyl (C=O) groups is 1. The van der Waals surface area contributed by atoms with Gasteiger partial charge in [-0.3, -0.25) is 0 Å². The third-order valence-electron chi connectivity index (χ3n) is 4.80. The predicted molar refractivity (Wildman–Crippen MR) is 94.1 cm³/mol. The highest BCUT2D eigenvalue weighted by Crippen LogP contribution is 2.28. The lowest BCUT2D eigenvalue weighted by molar-refractivity contribution is 0.171. The summed E-state index contributed by atoms with van der Waals surface area (Å²) in [4.78, 5) is 21.0. The number of carbonyl (C=O) groups excluding carboxylic acids is 1. The van der Waals surface area contributed by atoms with E-state index in [4.69, 9.17) is 4.42 Å². The molecule has 1 N–H and O–H groups in total. The third-order valence-corrected chi connectivity index (χ3v) is 4.80. The standard InChI is InChI=1S/C18H26N4O2/c1-13(21(2)3)11-19-18(23)22-10-6-7-14(12-22)17-20-15-8-4-5-9-16(15)24-17/h4-5,8-9,13-14H,6-7,10-12H2,1-3H3,(H,19,23). The maximum atomic E-state index is 12.4. The van der Waals surface area contributed by atoms with Gasteiger partial charge in [-0.25, -0.2) is 9.78 Å². The van der Waals surface area contributed by atoms with Crippen molar-refractivity contribution in [2.75, 3.05) is 33.7 Å². The predicted octanol–water partition coefficient (Wildman–Crippen LogP) is 2.67. The maximum absolute atomic E-state index is 12.4. The Labute approximate surface area is 142 Å². The van der Waals surface area contributed by atoms with E-state index in [2.05, 4.69) is 22.1 Å². The first kappa shape index (κ1) is 16.8.